The van der Waals surface area contributed by atoms with Crippen LogP contribution in [0.15, 0.2) is 23.0 Å². The summed E-state index contributed by atoms with van der Waals surface area (Å²) in [6, 6.07) is 1.56. The smallest absolute Gasteiger partial charge is 0.170 e. The fourth-order valence-corrected chi connectivity index (χ4v) is 1.17. The molecular weight excluding hydrogens is 186 g/mol. The van der Waals surface area contributed by atoms with Crippen LogP contribution in [0.4, 0.5) is 0 Å². The number of hydrogen-bond donors (Lipinski definition) is 0. The van der Waals surface area contributed by atoms with E-state index >= 15 is 0 Å². The van der Waals surface area contributed by atoms with Gasteiger partial charge in [0.1, 0.15) is 5.69 Å². The van der Waals surface area contributed by atoms with E-state index in [9.17, 15) is 9.90 Å². The maximum atomic E-state index is 10.7. The molecule has 0 fully saturated rings. The monoisotopic (exact) mass is 192 g/mol. The van der Waals surface area contributed by atoms with E-state index in [1.54, 1.807) is 13.1 Å². The van der Waals surface area contributed by atoms with Crippen LogP contribution >= 0.6 is 0 Å². The molecule has 0 radical (unpaired) electrons. The lowest BCUT2D eigenvalue weighted by molar-refractivity contribution is -0.255. The van der Waals surface area contributed by atoms with Crippen LogP contribution in [0.2, 0.25) is 0 Å². The molecular formula is C8H6N3O3-. The highest BCUT2D eigenvalue weighted by molar-refractivity contribution is 5.91. The molecule has 2 heterocycles. The second-order valence-electron chi connectivity index (χ2n) is 2.73. The minimum absolute atomic E-state index is 0.149. The second kappa shape index (κ2) is 2.99. The van der Waals surface area contributed by atoms with Crippen molar-refractivity contribution in [2.75, 3.05) is 0 Å². The number of carboxylic acids is 1. The average Bonchev–Trinajstić information content (AvgIpc) is 2.70. The van der Waals surface area contributed by atoms with E-state index in [1.807, 2.05) is 0 Å². The van der Waals surface area contributed by atoms with Gasteiger partial charge in [0.15, 0.2) is 5.76 Å². The lowest BCUT2D eigenvalue weighted by Gasteiger charge is -1.97. The predicted molar refractivity (Wildman–Crippen MR) is 43.0 cm³/mol. The average molecular weight is 192 g/mol. The third-order valence-corrected chi connectivity index (χ3v) is 1.73. The summed E-state index contributed by atoms with van der Waals surface area (Å²) >= 11 is 0. The van der Waals surface area contributed by atoms with Gasteiger partial charge in [0, 0.05) is 19.3 Å². The SMILES string of the molecule is Cn1cc(-c2ccno2)c(C(=O)[O-])n1. The van der Waals surface area contributed by atoms with Crippen LogP contribution < -0.4 is 5.11 Å². The molecule has 0 aliphatic rings. The molecule has 6 heteroatoms. The number of hydrogen-bond acceptors (Lipinski definition) is 5. The minimum atomic E-state index is -1.34. The number of rotatable bonds is 2. The minimum Gasteiger partial charge on any atom is -0.543 e. The van der Waals surface area contributed by atoms with Gasteiger partial charge in [-0.05, 0) is 0 Å². The first-order chi connectivity index (χ1) is 6.68. The molecule has 0 N–H and O–H groups in total. The van der Waals surface area contributed by atoms with Gasteiger partial charge in [-0.15, -0.1) is 0 Å². The summed E-state index contributed by atoms with van der Waals surface area (Å²) in [5, 5.41) is 17.9. The lowest BCUT2D eigenvalue weighted by atomic mass is 10.2. The van der Waals surface area contributed by atoms with E-state index in [2.05, 4.69) is 10.3 Å². The zero-order chi connectivity index (χ0) is 10.1. The number of nitrogens with zero attached hydrogens (tertiary/aromatic N) is 3. The summed E-state index contributed by atoms with van der Waals surface area (Å²) in [7, 11) is 1.62. The van der Waals surface area contributed by atoms with Gasteiger partial charge in [0.25, 0.3) is 0 Å². The van der Waals surface area contributed by atoms with Crippen LogP contribution in [-0.2, 0) is 7.05 Å². The van der Waals surface area contributed by atoms with Crippen molar-refractivity contribution in [3.8, 4) is 11.3 Å². The Hall–Kier alpha value is -2.11. The summed E-state index contributed by atoms with van der Waals surface area (Å²) in [4.78, 5) is 10.7. The zero-order valence-electron chi connectivity index (χ0n) is 7.30. The molecule has 0 aliphatic heterocycles. The van der Waals surface area contributed by atoms with Crippen molar-refractivity contribution in [2.45, 2.75) is 0 Å². The van der Waals surface area contributed by atoms with E-state index in [4.69, 9.17) is 4.52 Å². The van der Waals surface area contributed by atoms with Crippen LogP contribution in [0, 0.1) is 0 Å². The van der Waals surface area contributed by atoms with Crippen molar-refractivity contribution < 1.29 is 14.4 Å². The second-order valence-corrected chi connectivity index (χ2v) is 2.73. The van der Waals surface area contributed by atoms with Gasteiger partial charge in [0.05, 0.1) is 17.7 Å². The van der Waals surface area contributed by atoms with Crippen molar-refractivity contribution >= 4 is 5.97 Å². The Morgan fingerprint density at radius 2 is 2.43 bits per heavy atom. The lowest BCUT2D eigenvalue weighted by Crippen LogP contribution is -2.23. The normalized spacial score (nSPS) is 10.4. The molecule has 0 bridgehead atoms. The van der Waals surface area contributed by atoms with Crippen LogP contribution in [-0.4, -0.2) is 20.9 Å². The molecule has 0 saturated heterocycles. The Kier molecular flexibility index (Phi) is 1.81. The van der Waals surface area contributed by atoms with E-state index in [0.717, 1.165) is 0 Å². The molecule has 0 unspecified atom stereocenters. The molecule has 6 nitrogen and oxygen atoms in total. The first kappa shape index (κ1) is 8.49. The largest absolute Gasteiger partial charge is 0.543 e. The summed E-state index contributed by atoms with van der Waals surface area (Å²) in [5.41, 5.74) is 0.217. The highest BCUT2D eigenvalue weighted by atomic mass is 16.5. The van der Waals surface area contributed by atoms with E-state index in [0.29, 0.717) is 11.3 Å². The maximum absolute atomic E-state index is 10.7. The van der Waals surface area contributed by atoms with Crippen molar-refractivity contribution in [1.29, 1.82) is 0 Å². The summed E-state index contributed by atoms with van der Waals surface area (Å²) in [6.07, 6.45) is 2.97. The molecule has 14 heavy (non-hydrogen) atoms. The first-order valence-electron chi connectivity index (χ1n) is 3.84. The Labute approximate surface area is 78.7 Å². The molecule has 0 atom stereocenters. The standard InChI is InChI=1S/C8H7N3O3/c1-11-4-5(6-2-3-9-14-6)7(10-11)8(12)13/h2-4H,1H3,(H,12,13)/p-1. The van der Waals surface area contributed by atoms with Crippen LogP contribution in [0.1, 0.15) is 10.5 Å². The number of aryl methyl sites for hydroxylation is 1. The molecule has 0 saturated carbocycles. The fraction of sp³-hybridized carbons (Fsp3) is 0.125. The Morgan fingerprint density at radius 3 is 3.00 bits per heavy atom. The predicted octanol–water partition coefficient (Wildman–Crippen LogP) is -0.561. The van der Waals surface area contributed by atoms with Gasteiger partial charge < -0.3 is 14.4 Å². The number of aromatic carboxylic acids is 1. The summed E-state index contributed by atoms with van der Waals surface area (Å²) < 4.78 is 6.21. The first-order valence-corrected chi connectivity index (χ1v) is 3.84. The Balaban J connectivity index is 2.58. The van der Waals surface area contributed by atoms with E-state index in [-0.39, 0.29) is 5.69 Å². The van der Waals surface area contributed by atoms with Crippen molar-refractivity contribution in [2.24, 2.45) is 7.05 Å². The highest BCUT2D eigenvalue weighted by Crippen LogP contribution is 2.21. The summed E-state index contributed by atoms with van der Waals surface area (Å²) in [5.74, 6) is -0.977. The molecule has 2 rings (SSSR count). The third-order valence-electron chi connectivity index (χ3n) is 1.73. The number of carbonyl (C=O) groups is 1. The van der Waals surface area contributed by atoms with Gasteiger partial charge in [-0.2, -0.15) is 5.10 Å². The molecule has 0 aromatic carbocycles. The van der Waals surface area contributed by atoms with Gasteiger partial charge in [0.2, 0.25) is 0 Å². The van der Waals surface area contributed by atoms with Crippen molar-refractivity contribution in [1.82, 2.24) is 14.9 Å². The van der Waals surface area contributed by atoms with Crippen LogP contribution in [0.3, 0.4) is 0 Å². The summed E-state index contributed by atoms with van der Waals surface area (Å²) in [6.45, 7) is 0. The third kappa shape index (κ3) is 1.26. The van der Waals surface area contributed by atoms with Crippen molar-refractivity contribution in [3.05, 3.63) is 24.2 Å². The Morgan fingerprint density at radius 1 is 1.64 bits per heavy atom. The quantitative estimate of drug-likeness (QED) is 0.636. The number of aromatic nitrogens is 3. The fourth-order valence-electron chi connectivity index (χ4n) is 1.17. The zero-order valence-corrected chi connectivity index (χ0v) is 7.30. The molecule has 72 valence electrons. The molecule has 0 amide bonds. The van der Waals surface area contributed by atoms with Crippen LogP contribution in [0.25, 0.3) is 11.3 Å². The van der Waals surface area contributed by atoms with E-state index < -0.39 is 5.97 Å². The molecule has 0 spiro atoms. The molecule has 2 aromatic rings. The van der Waals surface area contributed by atoms with Gasteiger partial charge in [-0.25, -0.2) is 0 Å². The van der Waals surface area contributed by atoms with Gasteiger partial charge in [-0.3, -0.25) is 4.68 Å². The number of carbonyl (C=O) groups excluding carboxylic acids is 1. The maximum Gasteiger partial charge on any atom is 0.170 e. The van der Waals surface area contributed by atoms with Crippen LogP contribution in [0.5, 0.6) is 0 Å². The van der Waals surface area contributed by atoms with E-state index in [1.165, 1.54) is 17.1 Å². The Bertz CT molecular complexity index is 458. The molecule has 0 aliphatic carbocycles. The highest BCUT2D eigenvalue weighted by Gasteiger charge is 2.13. The topological polar surface area (TPSA) is 84.0 Å². The molecule has 2 aromatic heterocycles. The number of carboxylic acid groups (broad SMARTS) is 1. The van der Waals surface area contributed by atoms with Crippen molar-refractivity contribution in [3.63, 3.8) is 0 Å². The van der Waals surface area contributed by atoms with Gasteiger partial charge >= 0.3 is 0 Å². The van der Waals surface area contributed by atoms with Gasteiger partial charge in [-0.1, -0.05) is 5.16 Å².